The molecule has 3 nitrogen and oxygen atoms in total. The number of hydrogen-bond donors (Lipinski definition) is 3. The topological polar surface area (TPSA) is 49.3 Å². The summed E-state index contributed by atoms with van der Waals surface area (Å²) in [7, 11) is 0. The summed E-state index contributed by atoms with van der Waals surface area (Å²) in [5.41, 5.74) is 0. The van der Waals surface area contributed by atoms with E-state index in [4.69, 9.17) is 5.11 Å². The molecule has 0 rings (SSSR count). The Balaban J connectivity index is 3.62. The van der Waals surface area contributed by atoms with Crippen LogP contribution in [0.4, 0.5) is 0 Å². The van der Waals surface area contributed by atoms with Gasteiger partial charge in [-0.15, -0.1) is 0 Å². The van der Waals surface area contributed by atoms with Gasteiger partial charge in [0, 0.05) is 6.54 Å². The highest BCUT2D eigenvalue weighted by Gasteiger charge is 2.16. The zero-order chi connectivity index (χ0) is 10.4. The van der Waals surface area contributed by atoms with Crippen LogP contribution < -0.4 is 5.32 Å². The van der Waals surface area contributed by atoms with Gasteiger partial charge in [0.15, 0.2) is 0 Å². The van der Waals surface area contributed by atoms with Crippen LogP contribution in [0.25, 0.3) is 0 Å². The van der Waals surface area contributed by atoms with E-state index in [0.29, 0.717) is 13.0 Å². The highest BCUT2D eigenvalue weighted by atomic mass is 32.1. The van der Waals surface area contributed by atoms with E-state index in [1.165, 1.54) is 0 Å². The van der Waals surface area contributed by atoms with Gasteiger partial charge in [-0.1, -0.05) is 13.8 Å². The van der Waals surface area contributed by atoms with Crippen molar-refractivity contribution in [1.29, 1.82) is 0 Å². The summed E-state index contributed by atoms with van der Waals surface area (Å²) in [6, 6.07) is 0. The molecule has 0 spiro atoms. The van der Waals surface area contributed by atoms with Crippen molar-refractivity contribution in [1.82, 2.24) is 5.32 Å². The van der Waals surface area contributed by atoms with Crippen molar-refractivity contribution in [2.24, 2.45) is 5.92 Å². The second kappa shape index (κ2) is 6.27. The predicted molar refractivity (Wildman–Crippen MR) is 56.9 cm³/mol. The molecule has 0 aliphatic heterocycles. The first kappa shape index (κ1) is 12.8. The summed E-state index contributed by atoms with van der Waals surface area (Å²) >= 11 is 4.17. The third-order valence-corrected chi connectivity index (χ3v) is 2.59. The van der Waals surface area contributed by atoms with Gasteiger partial charge in [0.05, 0.1) is 11.4 Å². The Morgan fingerprint density at radius 3 is 2.38 bits per heavy atom. The second-order valence-electron chi connectivity index (χ2n) is 3.62. The molecule has 0 fully saturated rings. The van der Waals surface area contributed by atoms with Gasteiger partial charge in [-0.3, -0.25) is 4.79 Å². The molecule has 2 N–H and O–H groups in total. The second-order valence-corrected chi connectivity index (χ2v) is 4.17. The first-order valence-electron chi connectivity index (χ1n) is 4.59. The number of carbonyl (C=O) groups excluding carboxylic acids is 1. The smallest absolute Gasteiger partial charge is 0.233 e. The number of nitrogens with one attached hydrogen (secondary N) is 1. The molecule has 2 unspecified atom stereocenters. The zero-order valence-electron chi connectivity index (χ0n) is 8.45. The number of thiol groups is 1. The highest BCUT2D eigenvalue weighted by Crippen LogP contribution is 2.08. The van der Waals surface area contributed by atoms with E-state index in [9.17, 15) is 4.79 Å². The van der Waals surface area contributed by atoms with Gasteiger partial charge in [0.25, 0.3) is 0 Å². The van der Waals surface area contributed by atoms with Crippen LogP contribution in [0.15, 0.2) is 0 Å². The Hall–Kier alpha value is -0.220. The fourth-order valence-corrected chi connectivity index (χ4v) is 0.903. The zero-order valence-corrected chi connectivity index (χ0v) is 9.34. The molecule has 13 heavy (non-hydrogen) atoms. The van der Waals surface area contributed by atoms with Gasteiger partial charge < -0.3 is 10.4 Å². The average molecular weight is 205 g/mol. The van der Waals surface area contributed by atoms with Crippen molar-refractivity contribution >= 4 is 18.5 Å². The summed E-state index contributed by atoms with van der Waals surface area (Å²) in [5.74, 6) is 0.175. The monoisotopic (exact) mass is 205 g/mol. The average Bonchev–Trinajstić information content (AvgIpc) is 2.02. The van der Waals surface area contributed by atoms with E-state index in [1.54, 1.807) is 6.92 Å². The highest BCUT2D eigenvalue weighted by molar-refractivity contribution is 7.81. The molecular formula is C9H19NO2S. The summed E-state index contributed by atoms with van der Waals surface area (Å²) in [5, 5.41) is 11.4. The van der Waals surface area contributed by atoms with Crippen molar-refractivity contribution in [3.8, 4) is 0 Å². The van der Waals surface area contributed by atoms with Gasteiger partial charge in [-0.05, 0) is 19.3 Å². The maximum atomic E-state index is 11.3. The van der Waals surface area contributed by atoms with Crippen LogP contribution in [-0.2, 0) is 4.79 Å². The minimum absolute atomic E-state index is 0.0565. The molecule has 0 heterocycles. The molecule has 4 heteroatoms. The van der Waals surface area contributed by atoms with Crippen LogP contribution in [-0.4, -0.2) is 28.9 Å². The van der Waals surface area contributed by atoms with Crippen LogP contribution in [0.3, 0.4) is 0 Å². The minimum atomic E-state index is -0.363. The summed E-state index contributed by atoms with van der Waals surface area (Å²) in [4.78, 5) is 11.3. The van der Waals surface area contributed by atoms with E-state index in [0.717, 1.165) is 0 Å². The van der Waals surface area contributed by atoms with Crippen LogP contribution in [0, 0.1) is 5.92 Å². The molecule has 78 valence electrons. The SMILES string of the molecule is CC(O)CCNC(=O)C(S)C(C)C. The number of carbonyl (C=O) groups is 1. The van der Waals surface area contributed by atoms with Gasteiger partial charge in [-0.25, -0.2) is 0 Å². The fraction of sp³-hybridized carbons (Fsp3) is 0.889. The lowest BCUT2D eigenvalue weighted by Gasteiger charge is -2.14. The molecule has 0 aromatic carbocycles. The van der Waals surface area contributed by atoms with Crippen molar-refractivity contribution < 1.29 is 9.90 Å². The molecule has 0 aromatic rings. The molecule has 0 aliphatic rings. The maximum absolute atomic E-state index is 11.3. The lowest BCUT2D eigenvalue weighted by Crippen LogP contribution is -2.35. The molecule has 0 aliphatic carbocycles. The van der Waals surface area contributed by atoms with E-state index in [2.05, 4.69) is 17.9 Å². The summed E-state index contributed by atoms with van der Waals surface area (Å²) in [6.07, 6.45) is 0.224. The van der Waals surface area contributed by atoms with Gasteiger partial charge >= 0.3 is 0 Å². The fourth-order valence-electron chi connectivity index (χ4n) is 0.812. The normalized spacial score (nSPS) is 15.5. The standard InChI is InChI=1S/C9H19NO2S/c1-6(2)8(13)9(12)10-5-4-7(3)11/h6-8,11,13H,4-5H2,1-3H3,(H,10,12). The Kier molecular flexibility index (Phi) is 6.16. The number of aliphatic hydroxyl groups is 1. The third kappa shape index (κ3) is 5.93. The summed E-state index contributed by atoms with van der Waals surface area (Å²) in [6.45, 7) is 6.12. The number of hydrogen-bond acceptors (Lipinski definition) is 3. The first-order valence-corrected chi connectivity index (χ1v) is 5.10. The predicted octanol–water partition coefficient (Wildman–Crippen LogP) is 0.828. The van der Waals surface area contributed by atoms with Crippen LogP contribution in [0.5, 0.6) is 0 Å². The lowest BCUT2D eigenvalue weighted by atomic mass is 10.1. The minimum Gasteiger partial charge on any atom is -0.393 e. The van der Waals surface area contributed by atoms with Crippen LogP contribution >= 0.6 is 12.6 Å². The van der Waals surface area contributed by atoms with Gasteiger partial charge in [0.1, 0.15) is 0 Å². The molecule has 0 saturated carbocycles. The van der Waals surface area contributed by atoms with Gasteiger partial charge in [0.2, 0.25) is 5.91 Å². The lowest BCUT2D eigenvalue weighted by molar-refractivity contribution is -0.121. The van der Waals surface area contributed by atoms with Gasteiger partial charge in [-0.2, -0.15) is 12.6 Å². The molecular weight excluding hydrogens is 186 g/mol. The molecule has 0 bridgehead atoms. The Morgan fingerprint density at radius 2 is 2.00 bits per heavy atom. The largest absolute Gasteiger partial charge is 0.393 e. The Labute approximate surface area is 85.3 Å². The maximum Gasteiger partial charge on any atom is 0.233 e. The van der Waals surface area contributed by atoms with E-state index < -0.39 is 0 Å². The van der Waals surface area contributed by atoms with Crippen molar-refractivity contribution in [3.05, 3.63) is 0 Å². The molecule has 0 aromatic heterocycles. The Morgan fingerprint density at radius 1 is 1.46 bits per heavy atom. The van der Waals surface area contributed by atoms with Crippen molar-refractivity contribution in [2.45, 2.75) is 38.5 Å². The van der Waals surface area contributed by atoms with Crippen LogP contribution in [0.2, 0.25) is 0 Å². The van der Waals surface area contributed by atoms with Crippen molar-refractivity contribution in [3.63, 3.8) is 0 Å². The molecule has 1 amide bonds. The molecule has 0 radical (unpaired) electrons. The Bertz CT molecular complexity index is 160. The van der Waals surface area contributed by atoms with E-state index in [-0.39, 0.29) is 23.2 Å². The quantitative estimate of drug-likeness (QED) is 0.582. The number of amides is 1. The molecule has 0 saturated heterocycles. The van der Waals surface area contributed by atoms with E-state index in [1.807, 2.05) is 13.8 Å². The molecule has 2 atom stereocenters. The number of aliphatic hydroxyl groups excluding tert-OH is 1. The number of rotatable bonds is 5. The summed E-state index contributed by atoms with van der Waals surface area (Å²) < 4.78 is 0. The van der Waals surface area contributed by atoms with E-state index >= 15 is 0 Å². The van der Waals surface area contributed by atoms with Crippen molar-refractivity contribution in [2.75, 3.05) is 6.54 Å². The first-order chi connectivity index (χ1) is 5.95. The third-order valence-electron chi connectivity index (χ3n) is 1.76. The van der Waals surface area contributed by atoms with Crippen LogP contribution in [0.1, 0.15) is 27.2 Å².